The van der Waals surface area contributed by atoms with E-state index in [1.54, 1.807) is 16.7 Å². The predicted octanol–water partition coefficient (Wildman–Crippen LogP) is 0.795. The van der Waals surface area contributed by atoms with Crippen molar-refractivity contribution < 1.29 is 14.3 Å². The fourth-order valence-electron chi connectivity index (χ4n) is 1.79. The third kappa shape index (κ3) is 2.11. The Labute approximate surface area is 98.9 Å². The van der Waals surface area contributed by atoms with Gasteiger partial charge in [0.05, 0.1) is 5.37 Å². The molecule has 0 saturated carbocycles. The van der Waals surface area contributed by atoms with E-state index in [9.17, 15) is 9.59 Å². The molecule has 90 valence electrons. The highest BCUT2D eigenvalue weighted by Gasteiger charge is 2.46. The Morgan fingerprint density at radius 3 is 2.88 bits per heavy atom. The standard InChI is InChI=1S/C10H16N2O3S/c1-10(2,3)15-9(14)12-6-5-16-7(12)4-11-8(6)13/h6-7H,4-5H2,1-3H3,(H,11,13)/t6-,7+/m0/s1. The first-order valence-corrected chi connectivity index (χ1v) is 6.34. The van der Waals surface area contributed by atoms with Gasteiger partial charge in [0.15, 0.2) is 0 Å². The van der Waals surface area contributed by atoms with E-state index in [0.717, 1.165) is 0 Å². The average Bonchev–Trinajstić information content (AvgIpc) is 2.46. The third-order valence-electron chi connectivity index (χ3n) is 2.45. The van der Waals surface area contributed by atoms with Gasteiger partial charge in [-0.15, -0.1) is 11.8 Å². The van der Waals surface area contributed by atoms with Crippen molar-refractivity contribution in [3.63, 3.8) is 0 Å². The first-order valence-electron chi connectivity index (χ1n) is 5.29. The molecule has 2 atom stereocenters. The second-order valence-electron chi connectivity index (χ2n) is 4.94. The van der Waals surface area contributed by atoms with Crippen LogP contribution < -0.4 is 5.32 Å². The second-order valence-corrected chi connectivity index (χ2v) is 6.15. The van der Waals surface area contributed by atoms with Crippen LogP contribution in [0.15, 0.2) is 0 Å². The van der Waals surface area contributed by atoms with E-state index < -0.39 is 5.60 Å². The number of hydrogen-bond acceptors (Lipinski definition) is 4. The Hall–Kier alpha value is -0.910. The van der Waals surface area contributed by atoms with Gasteiger partial charge >= 0.3 is 6.09 Å². The van der Waals surface area contributed by atoms with Crippen molar-refractivity contribution in [1.82, 2.24) is 10.2 Å². The van der Waals surface area contributed by atoms with E-state index in [1.807, 2.05) is 20.8 Å². The lowest BCUT2D eigenvalue weighted by Gasteiger charge is -2.34. The number of carbonyl (C=O) groups is 2. The van der Waals surface area contributed by atoms with Gasteiger partial charge in [-0.1, -0.05) is 0 Å². The molecule has 0 aromatic heterocycles. The SMILES string of the molecule is CC(C)(C)OC(=O)N1[C@H]2CNC(=O)[C@@H]1CS2. The van der Waals surface area contributed by atoms with Gasteiger partial charge in [0, 0.05) is 12.3 Å². The van der Waals surface area contributed by atoms with Crippen LogP contribution in [0.5, 0.6) is 0 Å². The van der Waals surface area contributed by atoms with Gasteiger partial charge in [-0.3, -0.25) is 9.69 Å². The van der Waals surface area contributed by atoms with Crippen molar-refractivity contribution >= 4 is 23.8 Å². The molecule has 2 aliphatic heterocycles. The number of piperazine rings is 1. The Balaban J connectivity index is 2.09. The van der Waals surface area contributed by atoms with Crippen molar-refractivity contribution in [2.75, 3.05) is 12.3 Å². The number of carbonyl (C=O) groups excluding carboxylic acids is 2. The van der Waals surface area contributed by atoms with E-state index in [-0.39, 0.29) is 23.4 Å². The highest BCUT2D eigenvalue weighted by Crippen LogP contribution is 2.32. The van der Waals surface area contributed by atoms with Gasteiger partial charge in [0.1, 0.15) is 11.6 Å². The molecule has 2 heterocycles. The zero-order valence-electron chi connectivity index (χ0n) is 9.65. The van der Waals surface area contributed by atoms with E-state index in [4.69, 9.17) is 4.74 Å². The number of amides is 2. The Bertz CT molecular complexity index is 327. The van der Waals surface area contributed by atoms with E-state index in [0.29, 0.717) is 12.3 Å². The number of nitrogens with zero attached hydrogens (tertiary/aromatic N) is 1. The molecule has 2 saturated heterocycles. The average molecular weight is 244 g/mol. The van der Waals surface area contributed by atoms with Crippen molar-refractivity contribution in [3.05, 3.63) is 0 Å². The van der Waals surface area contributed by atoms with Crippen LogP contribution in [-0.2, 0) is 9.53 Å². The molecule has 2 fully saturated rings. The number of nitrogens with one attached hydrogen (secondary N) is 1. The molecule has 0 aromatic rings. The van der Waals surface area contributed by atoms with Crippen LogP contribution in [-0.4, -0.2) is 46.2 Å². The molecule has 2 aliphatic rings. The minimum absolute atomic E-state index is 0.0255. The van der Waals surface area contributed by atoms with Crippen molar-refractivity contribution in [2.45, 2.75) is 37.8 Å². The van der Waals surface area contributed by atoms with Crippen molar-refractivity contribution in [3.8, 4) is 0 Å². The maximum absolute atomic E-state index is 11.9. The molecule has 16 heavy (non-hydrogen) atoms. The smallest absolute Gasteiger partial charge is 0.411 e. The van der Waals surface area contributed by atoms with Crippen LogP contribution in [0.3, 0.4) is 0 Å². The summed E-state index contributed by atoms with van der Waals surface area (Å²) < 4.78 is 5.30. The summed E-state index contributed by atoms with van der Waals surface area (Å²) >= 11 is 1.62. The number of fused-ring (bicyclic) bond motifs is 2. The van der Waals surface area contributed by atoms with Crippen LogP contribution in [0.2, 0.25) is 0 Å². The van der Waals surface area contributed by atoms with Crippen LogP contribution in [0.1, 0.15) is 20.8 Å². The third-order valence-corrected chi connectivity index (χ3v) is 3.74. The molecule has 0 aromatic carbocycles. The van der Waals surface area contributed by atoms with Crippen molar-refractivity contribution in [1.29, 1.82) is 0 Å². The second kappa shape index (κ2) is 3.84. The molecular weight excluding hydrogens is 228 g/mol. The topological polar surface area (TPSA) is 58.6 Å². The number of ether oxygens (including phenoxy) is 1. The molecule has 0 radical (unpaired) electrons. The van der Waals surface area contributed by atoms with E-state index in [2.05, 4.69) is 5.32 Å². The molecular formula is C10H16N2O3S. The Morgan fingerprint density at radius 2 is 2.25 bits per heavy atom. The minimum atomic E-state index is -0.519. The van der Waals surface area contributed by atoms with Gasteiger partial charge in [-0.05, 0) is 20.8 Å². The largest absolute Gasteiger partial charge is 0.444 e. The molecule has 1 N–H and O–H groups in total. The zero-order valence-corrected chi connectivity index (χ0v) is 10.5. The molecule has 2 amide bonds. The molecule has 0 unspecified atom stereocenters. The summed E-state index contributed by atoms with van der Waals surface area (Å²) in [5, 5.41) is 2.81. The predicted molar refractivity (Wildman–Crippen MR) is 61.1 cm³/mol. The Kier molecular flexibility index (Phi) is 2.77. The highest BCUT2D eigenvalue weighted by atomic mass is 32.2. The summed E-state index contributed by atoms with van der Waals surface area (Å²) in [6.45, 7) is 5.98. The van der Waals surface area contributed by atoms with Gasteiger partial charge < -0.3 is 10.1 Å². The van der Waals surface area contributed by atoms with Crippen LogP contribution in [0.25, 0.3) is 0 Å². The minimum Gasteiger partial charge on any atom is -0.444 e. The number of thioether (sulfide) groups is 1. The first-order chi connectivity index (χ1) is 7.38. The molecule has 0 spiro atoms. The van der Waals surface area contributed by atoms with Crippen LogP contribution in [0, 0.1) is 0 Å². The van der Waals surface area contributed by atoms with Gasteiger partial charge in [-0.2, -0.15) is 0 Å². The zero-order chi connectivity index (χ0) is 11.9. The van der Waals surface area contributed by atoms with Gasteiger partial charge in [-0.25, -0.2) is 4.79 Å². The lowest BCUT2D eigenvalue weighted by molar-refractivity contribution is -0.127. The van der Waals surface area contributed by atoms with Crippen LogP contribution in [0.4, 0.5) is 4.79 Å². The quantitative estimate of drug-likeness (QED) is 0.684. The summed E-state index contributed by atoms with van der Waals surface area (Å²) in [4.78, 5) is 25.1. The molecule has 6 heteroatoms. The van der Waals surface area contributed by atoms with E-state index >= 15 is 0 Å². The van der Waals surface area contributed by atoms with Gasteiger partial charge in [0.2, 0.25) is 5.91 Å². The monoisotopic (exact) mass is 244 g/mol. The fraction of sp³-hybridized carbons (Fsp3) is 0.800. The number of hydrogen-bond donors (Lipinski definition) is 1. The van der Waals surface area contributed by atoms with E-state index in [1.165, 1.54) is 0 Å². The van der Waals surface area contributed by atoms with Crippen LogP contribution >= 0.6 is 11.8 Å². The lowest BCUT2D eigenvalue weighted by Crippen LogP contribution is -2.58. The summed E-state index contributed by atoms with van der Waals surface area (Å²) in [5.41, 5.74) is -0.519. The first kappa shape index (κ1) is 11.6. The maximum atomic E-state index is 11.9. The highest BCUT2D eigenvalue weighted by molar-refractivity contribution is 8.00. The van der Waals surface area contributed by atoms with Crippen molar-refractivity contribution in [2.24, 2.45) is 0 Å². The maximum Gasteiger partial charge on any atom is 0.411 e. The summed E-state index contributed by atoms with van der Waals surface area (Å²) in [6, 6.07) is -0.362. The fourth-order valence-corrected chi connectivity index (χ4v) is 3.10. The molecule has 2 rings (SSSR count). The molecule has 5 nitrogen and oxygen atoms in total. The molecule has 2 bridgehead atoms. The number of rotatable bonds is 0. The molecule has 0 aliphatic carbocycles. The Morgan fingerprint density at radius 1 is 1.56 bits per heavy atom. The lowest BCUT2D eigenvalue weighted by atomic mass is 10.2. The summed E-state index contributed by atoms with van der Waals surface area (Å²) in [7, 11) is 0. The van der Waals surface area contributed by atoms with Gasteiger partial charge in [0.25, 0.3) is 0 Å². The summed E-state index contributed by atoms with van der Waals surface area (Å²) in [6.07, 6.45) is -0.387. The normalized spacial score (nSPS) is 28.9. The summed E-state index contributed by atoms with van der Waals surface area (Å²) in [5.74, 6) is 0.586.